The first-order chi connectivity index (χ1) is 14.0. The molecule has 7 nitrogen and oxygen atoms in total. The van der Waals surface area contributed by atoms with Crippen LogP contribution in [0.15, 0.2) is 36.9 Å². The van der Waals surface area contributed by atoms with Gasteiger partial charge in [-0.1, -0.05) is 30.8 Å². The number of aliphatic hydroxyl groups excluding tert-OH is 1. The van der Waals surface area contributed by atoms with Crippen molar-refractivity contribution >= 4 is 11.5 Å². The van der Waals surface area contributed by atoms with E-state index in [0.717, 1.165) is 43.3 Å². The van der Waals surface area contributed by atoms with E-state index in [2.05, 4.69) is 63.7 Å². The molecule has 0 aliphatic carbocycles. The molecule has 2 aromatic rings. The largest absolute Gasteiger partial charge is 0.390 e. The van der Waals surface area contributed by atoms with Gasteiger partial charge in [0.1, 0.15) is 11.5 Å². The van der Waals surface area contributed by atoms with Gasteiger partial charge in [0.15, 0.2) is 0 Å². The predicted octanol–water partition coefficient (Wildman–Crippen LogP) is 1.34. The van der Waals surface area contributed by atoms with Crippen LogP contribution in [0.5, 0.6) is 0 Å². The number of aromatic nitrogens is 2. The SMILES string of the molecule is C=C(NCC(O)CN1CCc2ccccc2C1C)c1cc(NC2CNC2)n(C)n1. The summed E-state index contributed by atoms with van der Waals surface area (Å²) < 4.78 is 1.84. The van der Waals surface area contributed by atoms with E-state index in [1.165, 1.54) is 11.1 Å². The van der Waals surface area contributed by atoms with Crippen molar-refractivity contribution < 1.29 is 5.11 Å². The van der Waals surface area contributed by atoms with Gasteiger partial charge in [-0.05, 0) is 24.5 Å². The molecular weight excluding hydrogens is 364 g/mol. The Morgan fingerprint density at radius 3 is 2.93 bits per heavy atom. The average molecular weight is 397 g/mol. The summed E-state index contributed by atoms with van der Waals surface area (Å²) in [6.45, 7) is 10.3. The number of rotatable bonds is 8. The van der Waals surface area contributed by atoms with Gasteiger partial charge in [0.2, 0.25) is 0 Å². The first-order valence-corrected chi connectivity index (χ1v) is 10.5. The zero-order chi connectivity index (χ0) is 20.4. The van der Waals surface area contributed by atoms with Gasteiger partial charge >= 0.3 is 0 Å². The molecule has 1 aromatic heterocycles. The van der Waals surface area contributed by atoms with Crippen LogP contribution in [0.4, 0.5) is 5.82 Å². The Hall–Kier alpha value is -2.35. The molecule has 2 atom stereocenters. The monoisotopic (exact) mass is 396 g/mol. The van der Waals surface area contributed by atoms with Gasteiger partial charge in [-0.3, -0.25) is 9.58 Å². The zero-order valence-electron chi connectivity index (χ0n) is 17.4. The van der Waals surface area contributed by atoms with E-state index < -0.39 is 6.10 Å². The minimum atomic E-state index is -0.471. The molecule has 1 saturated heterocycles. The van der Waals surface area contributed by atoms with E-state index in [9.17, 15) is 5.11 Å². The van der Waals surface area contributed by atoms with E-state index in [-0.39, 0.29) is 0 Å². The Bertz CT molecular complexity index is 859. The number of fused-ring (bicyclic) bond motifs is 1. The molecule has 4 rings (SSSR count). The van der Waals surface area contributed by atoms with Crippen molar-refractivity contribution in [1.29, 1.82) is 0 Å². The fraction of sp³-hybridized carbons (Fsp3) is 0.500. The van der Waals surface area contributed by atoms with Crippen LogP contribution in [0.1, 0.15) is 29.8 Å². The first-order valence-electron chi connectivity index (χ1n) is 10.5. The molecule has 2 unspecified atom stereocenters. The summed E-state index contributed by atoms with van der Waals surface area (Å²) >= 11 is 0. The van der Waals surface area contributed by atoms with Gasteiger partial charge in [-0.25, -0.2) is 0 Å². The predicted molar refractivity (Wildman–Crippen MR) is 117 cm³/mol. The highest BCUT2D eigenvalue weighted by Crippen LogP contribution is 2.29. The van der Waals surface area contributed by atoms with Crippen LogP contribution in [-0.4, -0.2) is 64.7 Å². The number of hydrogen-bond donors (Lipinski definition) is 4. The smallest absolute Gasteiger partial charge is 0.124 e. The van der Waals surface area contributed by atoms with Gasteiger partial charge in [-0.2, -0.15) is 5.10 Å². The van der Waals surface area contributed by atoms with Gasteiger partial charge in [0.05, 0.1) is 17.8 Å². The van der Waals surface area contributed by atoms with Crippen molar-refractivity contribution in [3.63, 3.8) is 0 Å². The Morgan fingerprint density at radius 2 is 2.17 bits per heavy atom. The van der Waals surface area contributed by atoms with Crippen molar-refractivity contribution in [3.8, 4) is 0 Å². The van der Waals surface area contributed by atoms with Crippen molar-refractivity contribution in [2.75, 3.05) is 38.0 Å². The van der Waals surface area contributed by atoms with E-state index in [0.29, 0.717) is 25.2 Å². The molecule has 1 aromatic carbocycles. The molecule has 7 heteroatoms. The lowest BCUT2D eigenvalue weighted by Gasteiger charge is -2.36. The standard InChI is InChI=1S/C22H32N6O/c1-15(21-10-22(27(3)26-21)25-18-11-23-12-18)24-13-19(29)14-28-9-8-17-6-4-5-7-20(17)16(28)2/h4-7,10,16,18-19,23-25,29H,1,8-9,11-14H2,2-3H3. The normalized spacial score (nSPS) is 20.6. The maximum atomic E-state index is 10.6. The maximum Gasteiger partial charge on any atom is 0.124 e. The fourth-order valence-electron chi connectivity index (χ4n) is 4.09. The van der Waals surface area contributed by atoms with E-state index in [1.807, 2.05) is 17.8 Å². The number of hydrogen-bond acceptors (Lipinski definition) is 6. The molecule has 29 heavy (non-hydrogen) atoms. The molecule has 2 aliphatic rings. The summed E-state index contributed by atoms with van der Waals surface area (Å²) in [5.41, 5.74) is 4.33. The Labute approximate surface area is 172 Å². The van der Waals surface area contributed by atoms with Gasteiger partial charge in [0, 0.05) is 51.9 Å². The minimum Gasteiger partial charge on any atom is -0.390 e. The summed E-state index contributed by atoms with van der Waals surface area (Å²) in [6.07, 6.45) is 0.565. The van der Waals surface area contributed by atoms with Crippen LogP contribution in [0.3, 0.4) is 0 Å². The average Bonchev–Trinajstić information content (AvgIpc) is 3.06. The lowest BCUT2D eigenvalue weighted by atomic mass is 9.93. The van der Waals surface area contributed by atoms with Crippen molar-refractivity contribution in [1.82, 2.24) is 25.3 Å². The molecular formula is C22H32N6O. The number of aliphatic hydroxyl groups is 1. The highest BCUT2D eigenvalue weighted by Gasteiger charge is 2.25. The van der Waals surface area contributed by atoms with Crippen LogP contribution in [0.25, 0.3) is 5.70 Å². The quantitative estimate of drug-likeness (QED) is 0.540. The number of aryl methyl sites for hydroxylation is 1. The summed E-state index contributed by atoms with van der Waals surface area (Å²) in [5, 5.41) is 25.1. The van der Waals surface area contributed by atoms with Gasteiger partial charge < -0.3 is 21.1 Å². The van der Waals surface area contributed by atoms with E-state index in [4.69, 9.17) is 0 Å². The third-order valence-corrected chi connectivity index (χ3v) is 6.04. The van der Waals surface area contributed by atoms with Crippen LogP contribution in [0, 0.1) is 0 Å². The highest BCUT2D eigenvalue weighted by molar-refractivity contribution is 5.61. The molecule has 0 bridgehead atoms. The Balaban J connectivity index is 1.28. The second-order valence-electron chi connectivity index (χ2n) is 8.17. The fourth-order valence-corrected chi connectivity index (χ4v) is 4.09. The van der Waals surface area contributed by atoms with Crippen LogP contribution in [-0.2, 0) is 13.5 Å². The number of anilines is 1. The molecule has 0 saturated carbocycles. The minimum absolute atomic E-state index is 0.322. The van der Waals surface area contributed by atoms with Crippen LogP contribution < -0.4 is 16.0 Å². The van der Waals surface area contributed by atoms with Gasteiger partial charge in [-0.15, -0.1) is 0 Å². The second-order valence-corrected chi connectivity index (χ2v) is 8.17. The molecule has 4 N–H and O–H groups in total. The summed E-state index contributed by atoms with van der Waals surface area (Å²) in [4.78, 5) is 2.35. The van der Waals surface area contributed by atoms with Crippen LogP contribution >= 0.6 is 0 Å². The molecule has 1 fully saturated rings. The van der Waals surface area contributed by atoms with Gasteiger partial charge in [0.25, 0.3) is 0 Å². The van der Waals surface area contributed by atoms with E-state index >= 15 is 0 Å². The van der Waals surface area contributed by atoms with Crippen molar-refractivity contribution in [3.05, 3.63) is 53.7 Å². The first kappa shape index (κ1) is 19.9. The second kappa shape index (κ2) is 8.57. The highest BCUT2D eigenvalue weighted by atomic mass is 16.3. The Morgan fingerprint density at radius 1 is 1.38 bits per heavy atom. The van der Waals surface area contributed by atoms with Crippen LogP contribution in [0.2, 0.25) is 0 Å². The molecule has 3 heterocycles. The van der Waals surface area contributed by atoms with Crippen molar-refractivity contribution in [2.45, 2.75) is 31.5 Å². The maximum absolute atomic E-state index is 10.6. The molecule has 156 valence electrons. The molecule has 2 aliphatic heterocycles. The summed E-state index contributed by atoms with van der Waals surface area (Å²) in [5.74, 6) is 0.982. The molecule has 0 radical (unpaired) electrons. The molecule has 0 amide bonds. The Kier molecular flexibility index (Phi) is 5.89. The third-order valence-electron chi connectivity index (χ3n) is 6.04. The number of benzene rings is 1. The number of nitrogens with zero attached hydrogens (tertiary/aromatic N) is 3. The number of β-amino-alcohol motifs (C(OH)–C–C–N with tert-alkyl or cyclic N) is 1. The van der Waals surface area contributed by atoms with Crippen molar-refractivity contribution in [2.24, 2.45) is 7.05 Å². The number of nitrogens with one attached hydrogen (secondary N) is 3. The lowest BCUT2D eigenvalue weighted by molar-refractivity contribution is 0.0885. The summed E-state index contributed by atoms with van der Waals surface area (Å²) in [7, 11) is 1.93. The third kappa shape index (κ3) is 4.47. The lowest BCUT2D eigenvalue weighted by Crippen LogP contribution is -2.51. The van der Waals surface area contributed by atoms with E-state index in [1.54, 1.807) is 0 Å². The zero-order valence-corrected chi connectivity index (χ0v) is 17.4. The topological polar surface area (TPSA) is 77.4 Å². The molecule has 0 spiro atoms. The summed E-state index contributed by atoms with van der Waals surface area (Å²) in [6, 6.07) is 11.4.